The molecule has 0 aliphatic rings. The molecule has 0 saturated carbocycles. The van der Waals surface area contributed by atoms with Gasteiger partial charge in [-0.15, -0.1) is 12.4 Å². The van der Waals surface area contributed by atoms with Crippen LogP contribution in [0.3, 0.4) is 0 Å². The van der Waals surface area contributed by atoms with Crippen LogP contribution in [0.5, 0.6) is 0 Å². The fraction of sp³-hybridized carbons (Fsp3) is 0.417. The van der Waals surface area contributed by atoms with Gasteiger partial charge in [-0.25, -0.2) is 0 Å². The smallest absolute Gasteiger partial charge is 0.234 e. The Kier molecular flexibility index (Phi) is 9.69. The minimum Gasteiger partial charge on any atom is -0.383 e. The van der Waals surface area contributed by atoms with Crippen molar-refractivity contribution in [2.45, 2.75) is 6.54 Å². The third-order valence-corrected chi connectivity index (χ3v) is 2.38. The van der Waals surface area contributed by atoms with Crippen molar-refractivity contribution < 1.29 is 9.53 Å². The molecule has 0 aromatic heterocycles. The van der Waals surface area contributed by atoms with E-state index in [1.807, 2.05) is 18.2 Å². The summed E-state index contributed by atoms with van der Waals surface area (Å²) >= 11 is 5.84. The zero-order chi connectivity index (χ0) is 12.5. The first-order chi connectivity index (χ1) is 8.22. The van der Waals surface area contributed by atoms with Crippen molar-refractivity contribution in [1.29, 1.82) is 0 Å². The molecule has 4 nitrogen and oxygen atoms in total. The Balaban J connectivity index is 0.00000289. The van der Waals surface area contributed by atoms with E-state index in [1.165, 1.54) is 0 Å². The predicted molar refractivity (Wildman–Crippen MR) is 75.3 cm³/mol. The summed E-state index contributed by atoms with van der Waals surface area (Å²) in [6.07, 6.45) is 0. The van der Waals surface area contributed by atoms with Gasteiger partial charge in [0.25, 0.3) is 0 Å². The molecule has 1 rings (SSSR count). The highest BCUT2D eigenvalue weighted by Gasteiger charge is 2.00. The molecule has 0 saturated heterocycles. The topological polar surface area (TPSA) is 50.4 Å². The van der Waals surface area contributed by atoms with E-state index in [9.17, 15) is 4.79 Å². The number of carbonyl (C=O) groups is 1. The lowest BCUT2D eigenvalue weighted by Gasteiger charge is -2.06. The van der Waals surface area contributed by atoms with Gasteiger partial charge in [0.05, 0.1) is 13.2 Å². The van der Waals surface area contributed by atoms with Crippen LogP contribution in [-0.2, 0) is 16.1 Å². The monoisotopic (exact) mass is 292 g/mol. The quantitative estimate of drug-likeness (QED) is 0.751. The maximum atomic E-state index is 11.4. The summed E-state index contributed by atoms with van der Waals surface area (Å²) in [6.45, 7) is 2.05. The average molecular weight is 293 g/mol. The van der Waals surface area contributed by atoms with Gasteiger partial charge < -0.3 is 15.4 Å². The fourth-order valence-electron chi connectivity index (χ4n) is 1.29. The van der Waals surface area contributed by atoms with E-state index < -0.39 is 0 Å². The first-order valence-electron chi connectivity index (χ1n) is 5.43. The summed E-state index contributed by atoms with van der Waals surface area (Å²) in [5, 5.41) is 6.45. The molecular weight excluding hydrogens is 275 g/mol. The van der Waals surface area contributed by atoms with E-state index in [4.69, 9.17) is 16.3 Å². The number of rotatable bonds is 7. The SMILES string of the molecule is COCCNCC(=O)NCc1cccc(Cl)c1.Cl. The summed E-state index contributed by atoms with van der Waals surface area (Å²) in [4.78, 5) is 11.4. The number of benzene rings is 1. The summed E-state index contributed by atoms with van der Waals surface area (Å²) < 4.78 is 4.86. The summed E-state index contributed by atoms with van der Waals surface area (Å²) in [7, 11) is 1.63. The maximum Gasteiger partial charge on any atom is 0.234 e. The maximum absolute atomic E-state index is 11.4. The van der Waals surface area contributed by atoms with E-state index in [-0.39, 0.29) is 18.3 Å². The van der Waals surface area contributed by atoms with Gasteiger partial charge in [0, 0.05) is 25.2 Å². The molecule has 0 spiro atoms. The van der Waals surface area contributed by atoms with Crippen molar-refractivity contribution in [2.75, 3.05) is 26.8 Å². The highest BCUT2D eigenvalue weighted by molar-refractivity contribution is 6.30. The van der Waals surface area contributed by atoms with Crippen molar-refractivity contribution >= 4 is 29.9 Å². The van der Waals surface area contributed by atoms with Gasteiger partial charge in [-0.1, -0.05) is 23.7 Å². The Hall–Kier alpha value is -0.810. The highest BCUT2D eigenvalue weighted by atomic mass is 35.5. The van der Waals surface area contributed by atoms with Crippen LogP contribution in [0.4, 0.5) is 0 Å². The lowest BCUT2D eigenvalue weighted by Crippen LogP contribution is -2.34. The third-order valence-electron chi connectivity index (χ3n) is 2.15. The van der Waals surface area contributed by atoms with Crippen LogP contribution < -0.4 is 10.6 Å². The molecule has 6 heteroatoms. The van der Waals surface area contributed by atoms with Crippen LogP contribution >= 0.6 is 24.0 Å². The second kappa shape index (κ2) is 10.1. The number of hydrogen-bond donors (Lipinski definition) is 2. The predicted octanol–water partition coefficient (Wildman–Crippen LogP) is 1.61. The molecule has 0 atom stereocenters. The molecule has 0 bridgehead atoms. The Bertz CT molecular complexity index is 362. The molecule has 1 aromatic rings. The van der Waals surface area contributed by atoms with Crippen LogP contribution in [-0.4, -0.2) is 32.7 Å². The number of ether oxygens (including phenoxy) is 1. The van der Waals surface area contributed by atoms with Crippen LogP contribution in [0.25, 0.3) is 0 Å². The standard InChI is InChI=1S/C12H17ClN2O2.ClH/c1-17-6-5-14-9-12(16)15-8-10-3-2-4-11(13)7-10;/h2-4,7,14H,5-6,8-9H2,1H3,(H,15,16);1H. The van der Waals surface area contributed by atoms with Gasteiger partial charge in [0.1, 0.15) is 0 Å². The van der Waals surface area contributed by atoms with Crippen molar-refractivity contribution in [3.05, 3.63) is 34.9 Å². The van der Waals surface area contributed by atoms with Gasteiger partial charge in [-0.3, -0.25) is 4.79 Å². The molecular formula is C12H18Cl2N2O2. The summed E-state index contributed by atoms with van der Waals surface area (Å²) in [5.41, 5.74) is 0.989. The number of amides is 1. The number of nitrogens with one attached hydrogen (secondary N) is 2. The lowest BCUT2D eigenvalue weighted by molar-refractivity contribution is -0.120. The molecule has 0 fully saturated rings. The molecule has 1 amide bonds. The van der Waals surface area contributed by atoms with Crippen molar-refractivity contribution in [1.82, 2.24) is 10.6 Å². The van der Waals surface area contributed by atoms with E-state index in [2.05, 4.69) is 10.6 Å². The van der Waals surface area contributed by atoms with Crippen LogP contribution in [0.15, 0.2) is 24.3 Å². The molecule has 18 heavy (non-hydrogen) atoms. The van der Waals surface area contributed by atoms with Crippen LogP contribution in [0, 0.1) is 0 Å². The van der Waals surface area contributed by atoms with Gasteiger partial charge in [-0.05, 0) is 17.7 Å². The van der Waals surface area contributed by atoms with Gasteiger partial charge in [0.2, 0.25) is 5.91 Å². The van der Waals surface area contributed by atoms with Crippen LogP contribution in [0.2, 0.25) is 5.02 Å². The van der Waals surface area contributed by atoms with Crippen molar-refractivity contribution in [3.8, 4) is 0 Å². The molecule has 102 valence electrons. The second-order valence-electron chi connectivity index (χ2n) is 3.58. The first kappa shape index (κ1) is 17.2. The molecule has 0 aliphatic heterocycles. The van der Waals surface area contributed by atoms with E-state index in [1.54, 1.807) is 13.2 Å². The Morgan fingerprint density at radius 2 is 2.22 bits per heavy atom. The van der Waals surface area contributed by atoms with Gasteiger partial charge in [0.15, 0.2) is 0 Å². The van der Waals surface area contributed by atoms with E-state index in [0.29, 0.717) is 31.3 Å². The number of hydrogen-bond acceptors (Lipinski definition) is 3. The fourth-order valence-corrected chi connectivity index (χ4v) is 1.50. The summed E-state index contributed by atoms with van der Waals surface area (Å²) in [5.74, 6) is -0.0407. The third kappa shape index (κ3) is 7.50. The molecule has 0 unspecified atom stereocenters. The molecule has 1 aromatic carbocycles. The number of methoxy groups -OCH3 is 1. The largest absolute Gasteiger partial charge is 0.383 e. The lowest BCUT2D eigenvalue weighted by atomic mass is 10.2. The minimum atomic E-state index is -0.0407. The second-order valence-corrected chi connectivity index (χ2v) is 4.01. The normalized spacial score (nSPS) is 9.67. The van der Waals surface area contributed by atoms with E-state index >= 15 is 0 Å². The Labute approximate surface area is 118 Å². The molecule has 2 N–H and O–H groups in total. The zero-order valence-electron chi connectivity index (χ0n) is 10.2. The zero-order valence-corrected chi connectivity index (χ0v) is 11.8. The van der Waals surface area contributed by atoms with Crippen molar-refractivity contribution in [2.24, 2.45) is 0 Å². The first-order valence-corrected chi connectivity index (χ1v) is 5.81. The Morgan fingerprint density at radius 1 is 1.44 bits per heavy atom. The Morgan fingerprint density at radius 3 is 2.89 bits per heavy atom. The summed E-state index contributed by atoms with van der Waals surface area (Å²) in [6, 6.07) is 7.42. The molecule has 0 radical (unpaired) electrons. The number of carbonyl (C=O) groups excluding carboxylic acids is 1. The highest BCUT2D eigenvalue weighted by Crippen LogP contribution is 2.09. The van der Waals surface area contributed by atoms with Crippen LogP contribution in [0.1, 0.15) is 5.56 Å². The van der Waals surface area contributed by atoms with Gasteiger partial charge in [-0.2, -0.15) is 0 Å². The molecule has 0 aliphatic carbocycles. The van der Waals surface area contributed by atoms with Crippen molar-refractivity contribution in [3.63, 3.8) is 0 Å². The van der Waals surface area contributed by atoms with E-state index in [0.717, 1.165) is 5.56 Å². The molecule has 0 heterocycles. The average Bonchev–Trinajstić information content (AvgIpc) is 2.32. The van der Waals surface area contributed by atoms with Gasteiger partial charge >= 0.3 is 0 Å². The number of halogens is 2. The minimum absolute atomic E-state index is 0.